The Morgan fingerprint density at radius 3 is 2.44 bits per heavy atom. The topological polar surface area (TPSA) is 85.7 Å². The van der Waals surface area contributed by atoms with Crippen molar-refractivity contribution in [2.24, 2.45) is 0 Å². The molecule has 0 amide bonds. The Balaban J connectivity index is 2.14. The molecule has 7 nitrogen and oxygen atoms in total. The lowest BCUT2D eigenvalue weighted by atomic mass is 10.2. The third kappa shape index (κ3) is 6.62. The Labute approximate surface area is 157 Å². The number of ether oxygens (including phenoxy) is 2. The van der Waals surface area contributed by atoms with Gasteiger partial charge < -0.3 is 20.1 Å². The third-order valence-electron chi connectivity index (χ3n) is 3.09. The molecule has 11 heteroatoms. The van der Waals surface area contributed by atoms with Gasteiger partial charge in [-0.3, -0.25) is 10.1 Å². The molecule has 0 saturated carbocycles. The lowest BCUT2D eigenvalue weighted by Gasteiger charge is -2.13. The van der Waals surface area contributed by atoms with E-state index >= 15 is 0 Å². The second-order valence-corrected chi connectivity index (χ2v) is 5.60. The number of alkyl halides is 3. The van der Waals surface area contributed by atoms with E-state index < -0.39 is 23.4 Å². The van der Waals surface area contributed by atoms with E-state index in [0.717, 1.165) is 12.1 Å². The van der Waals surface area contributed by atoms with E-state index in [2.05, 4.69) is 15.4 Å². The second kappa shape index (κ2) is 8.54. The number of benzene rings is 2. The quantitative estimate of drug-likeness (QED) is 0.423. The maximum atomic E-state index is 12.3. The van der Waals surface area contributed by atoms with Gasteiger partial charge in [0.05, 0.1) is 23.8 Å². The second-order valence-electron chi connectivity index (χ2n) is 5.19. The minimum Gasteiger partial charge on any atom is -0.497 e. The van der Waals surface area contributed by atoms with Crippen LogP contribution in [-0.4, -0.2) is 29.9 Å². The summed E-state index contributed by atoms with van der Waals surface area (Å²) in [5.74, 6) is 0.272. The fraction of sp³-hybridized carbons (Fsp3) is 0.188. The number of nitrogens with one attached hydrogen (secondary N) is 2. The molecular formula is C16H14F3N3O4S. The van der Waals surface area contributed by atoms with Crippen LogP contribution in [-0.2, 0) is 0 Å². The lowest BCUT2D eigenvalue weighted by Crippen LogP contribution is -2.20. The molecule has 0 aliphatic heterocycles. The summed E-state index contributed by atoms with van der Waals surface area (Å²) in [6.45, 7) is -1.57. The Hall–Kier alpha value is -3.08. The lowest BCUT2D eigenvalue weighted by molar-refractivity contribution is -0.384. The first-order valence-corrected chi connectivity index (χ1v) is 7.78. The van der Waals surface area contributed by atoms with Gasteiger partial charge in [0.15, 0.2) is 11.7 Å². The summed E-state index contributed by atoms with van der Waals surface area (Å²) < 4.78 is 46.6. The monoisotopic (exact) mass is 401 g/mol. The summed E-state index contributed by atoms with van der Waals surface area (Å²) in [5.41, 5.74) is 0.244. The van der Waals surface area contributed by atoms with Crippen molar-refractivity contribution in [2.75, 3.05) is 24.4 Å². The molecular weight excluding hydrogens is 387 g/mol. The molecule has 2 aromatic rings. The highest BCUT2D eigenvalue weighted by Gasteiger charge is 2.28. The fourth-order valence-electron chi connectivity index (χ4n) is 2.00. The Bertz CT molecular complexity index is 846. The number of methoxy groups -OCH3 is 1. The van der Waals surface area contributed by atoms with Crippen molar-refractivity contribution in [2.45, 2.75) is 6.18 Å². The molecule has 144 valence electrons. The van der Waals surface area contributed by atoms with Gasteiger partial charge in [-0.05, 0) is 24.4 Å². The van der Waals surface area contributed by atoms with Crippen molar-refractivity contribution in [1.82, 2.24) is 0 Å². The van der Waals surface area contributed by atoms with Gasteiger partial charge in [-0.15, -0.1) is 0 Å². The Morgan fingerprint density at radius 1 is 1.15 bits per heavy atom. The highest BCUT2D eigenvalue weighted by molar-refractivity contribution is 7.80. The number of nitro benzene ring substituents is 1. The number of rotatable bonds is 6. The third-order valence-corrected chi connectivity index (χ3v) is 3.29. The average Bonchev–Trinajstić information content (AvgIpc) is 2.59. The van der Waals surface area contributed by atoms with Gasteiger partial charge in [-0.2, -0.15) is 13.2 Å². The Morgan fingerprint density at radius 2 is 1.81 bits per heavy atom. The van der Waals surface area contributed by atoms with Crippen LogP contribution in [0.2, 0.25) is 0 Å². The number of nitro groups is 1. The number of nitrogens with zero attached hydrogens (tertiary/aromatic N) is 1. The molecule has 0 radical (unpaired) electrons. The van der Waals surface area contributed by atoms with E-state index in [0.29, 0.717) is 11.4 Å². The van der Waals surface area contributed by atoms with Crippen LogP contribution in [0.4, 0.5) is 30.2 Å². The fourth-order valence-corrected chi connectivity index (χ4v) is 2.24. The maximum Gasteiger partial charge on any atom is 0.422 e. The molecule has 0 aromatic heterocycles. The van der Waals surface area contributed by atoms with Crippen molar-refractivity contribution >= 4 is 34.4 Å². The minimum atomic E-state index is -4.57. The molecule has 27 heavy (non-hydrogen) atoms. The van der Waals surface area contributed by atoms with Crippen molar-refractivity contribution < 1.29 is 27.6 Å². The summed E-state index contributed by atoms with van der Waals surface area (Å²) in [5, 5.41) is 16.6. The van der Waals surface area contributed by atoms with Gasteiger partial charge in [-0.1, -0.05) is 6.07 Å². The van der Waals surface area contributed by atoms with Gasteiger partial charge in [-0.25, -0.2) is 0 Å². The average molecular weight is 401 g/mol. The molecule has 0 aliphatic rings. The molecule has 0 fully saturated rings. The van der Waals surface area contributed by atoms with Crippen molar-refractivity contribution in [3.8, 4) is 11.5 Å². The minimum absolute atomic E-state index is 0.0746. The zero-order chi connectivity index (χ0) is 20.0. The van der Waals surface area contributed by atoms with Crippen LogP contribution in [0.25, 0.3) is 0 Å². The smallest absolute Gasteiger partial charge is 0.422 e. The summed E-state index contributed by atoms with van der Waals surface area (Å²) in [6.07, 6.45) is -4.57. The first kappa shape index (κ1) is 20.2. The highest BCUT2D eigenvalue weighted by Crippen LogP contribution is 2.28. The predicted molar refractivity (Wildman–Crippen MR) is 97.5 cm³/mol. The van der Waals surface area contributed by atoms with E-state index in [1.165, 1.54) is 13.2 Å². The summed E-state index contributed by atoms with van der Waals surface area (Å²) in [7, 11) is 1.50. The Kier molecular flexibility index (Phi) is 6.40. The number of hydrogen-bond donors (Lipinski definition) is 2. The molecule has 0 atom stereocenters. The summed E-state index contributed by atoms with van der Waals surface area (Å²) >= 11 is 5.12. The van der Waals surface area contributed by atoms with E-state index in [-0.39, 0.29) is 16.5 Å². The number of hydrogen-bond acceptors (Lipinski definition) is 5. The van der Waals surface area contributed by atoms with Gasteiger partial charge in [0, 0.05) is 23.9 Å². The van der Waals surface area contributed by atoms with Crippen molar-refractivity contribution in [3.63, 3.8) is 0 Å². The molecule has 0 aliphatic carbocycles. The van der Waals surface area contributed by atoms with E-state index in [1.807, 2.05) is 0 Å². The molecule has 0 saturated heterocycles. The summed E-state index contributed by atoms with van der Waals surface area (Å²) in [6, 6.07) is 10.0. The van der Waals surface area contributed by atoms with Crippen LogP contribution in [0.15, 0.2) is 42.5 Å². The SMILES string of the molecule is COc1cccc(NC(=S)Nc2cc(OCC(F)(F)F)cc([N+](=O)[O-])c2)c1. The van der Waals surface area contributed by atoms with Crippen LogP contribution in [0.1, 0.15) is 0 Å². The van der Waals surface area contributed by atoms with Gasteiger partial charge in [0.2, 0.25) is 0 Å². The number of halogens is 3. The zero-order valence-electron chi connectivity index (χ0n) is 13.9. The normalized spacial score (nSPS) is 10.8. The zero-order valence-corrected chi connectivity index (χ0v) is 14.7. The first-order valence-electron chi connectivity index (χ1n) is 7.37. The van der Waals surface area contributed by atoms with Crippen LogP contribution in [0.5, 0.6) is 11.5 Å². The predicted octanol–water partition coefficient (Wildman–Crippen LogP) is 4.35. The van der Waals surface area contributed by atoms with Gasteiger partial charge in [0.25, 0.3) is 5.69 Å². The van der Waals surface area contributed by atoms with Crippen LogP contribution in [0.3, 0.4) is 0 Å². The van der Waals surface area contributed by atoms with Crippen LogP contribution in [0, 0.1) is 10.1 Å². The molecule has 2 rings (SSSR count). The number of thiocarbonyl (C=S) groups is 1. The highest BCUT2D eigenvalue weighted by atomic mass is 32.1. The molecule has 2 N–H and O–H groups in total. The van der Waals surface area contributed by atoms with Crippen molar-refractivity contribution in [1.29, 1.82) is 0 Å². The van der Waals surface area contributed by atoms with Crippen molar-refractivity contribution in [3.05, 3.63) is 52.6 Å². The first-order chi connectivity index (χ1) is 12.7. The number of non-ortho nitro benzene ring substituents is 1. The maximum absolute atomic E-state index is 12.3. The van der Waals surface area contributed by atoms with E-state index in [9.17, 15) is 23.3 Å². The molecule has 0 unspecified atom stereocenters. The summed E-state index contributed by atoms with van der Waals surface area (Å²) in [4.78, 5) is 10.2. The molecule has 0 bridgehead atoms. The van der Waals surface area contributed by atoms with Crippen LogP contribution >= 0.6 is 12.2 Å². The molecule has 2 aromatic carbocycles. The largest absolute Gasteiger partial charge is 0.497 e. The van der Waals surface area contributed by atoms with Gasteiger partial charge in [0.1, 0.15) is 11.5 Å². The van der Waals surface area contributed by atoms with Crippen LogP contribution < -0.4 is 20.1 Å². The number of anilines is 2. The molecule has 0 heterocycles. The molecule has 0 spiro atoms. The van der Waals surface area contributed by atoms with E-state index in [4.69, 9.17) is 17.0 Å². The van der Waals surface area contributed by atoms with E-state index in [1.54, 1.807) is 24.3 Å². The standard InChI is InChI=1S/C16H14F3N3O4S/c1-25-13-4-2-3-10(6-13)20-15(27)21-11-5-12(22(23)24)8-14(7-11)26-9-16(17,18)19/h2-8H,9H2,1H3,(H2,20,21,27). The van der Waals surface area contributed by atoms with Gasteiger partial charge >= 0.3 is 6.18 Å².